The molecule has 0 saturated heterocycles. The molecule has 1 amide bonds. The Balaban J connectivity index is 1.75. The number of benzene rings is 1. The van der Waals surface area contributed by atoms with Crippen LogP contribution in [0.4, 0.5) is 5.69 Å². The van der Waals surface area contributed by atoms with Crippen molar-refractivity contribution in [3.8, 4) is 0 Å². The van der Waals surface area contributed by atoms with E-state index in [0.29, 0.717) is 22.5 Å². The molecular weight excluding hydrogens is 282 g/mol. The highest BCUT2D eigenvalue weighted by molar-refractivity contribution is 7.99. The summed E-state index contributed by atoms with van der Waals surface area (Å²) in [4.78, 5) is 15.6. The van der Waals surface area contributed by atoms with Crippen LogP contribution in [0.5, 0.6) is 0 Å². The second-order valence-corrected chi connectivity index (χ2v) is 6.84. The summed E-state index contributed by atoms with van der Waals surface area (Å²) in [5.74, 6) is 0.0118. The summed E-state index contributed by atoms with van der Waals surface area (Å²) in [6, 6.07) is 5.89. The van der Waals surface area contributed by atoms with Crippen LogP contribution in [0.3, 0.4) is 0 Å². The van der Waals surface area contributed by atoms with Crippen LogP contribution in [0, 0.1) is 0 Å². The number of nitrogens with two attached hydrogens (primary N) is 1. The molecule has 1 aliphatic carbocycles. The quantitative estimate of drug-likeness (QED) is 0.763. The summed E-state index contributed by atoms with van der Waals surface area (Å²) in [5, 5.41) is 4.79. The monoisotopic (exact) mass is 303 g/mol. The van der Waals surface area contributed by atoms with Gasteiger partial charge in [-0.05, 0) is 43.7 Å². The predicted octanol–water partition coefficient (Wildman–Crippen LogP) is 3.15. The largest absolute Gasteiger partial charge is 0.399 e. The number of nitrogens with one attached hydrogen (secondary N) is 2. The molecule has 112 valence electrons. The Hall–Kier alpha value is -1.62. The second kappa shape index (κ2) is 6.02. The number of nitrogen functional groups attached to an aromatic ring is 1. The van der Waals surface area contributed by atoms with Gasteiger partial charge in [0.1, 0.15) is 0 Å². The van der Waals surface area contributed by atoms with E-state index < -0.39 is 0 Å². The number of carbonyl (C=O) groups is 1. The normalized spacial score (nSPS) is 22.3. The fourth-order valence-electron chi connectivity index (χ4n) is 3.08. The Kier molecular flexibility index (Phi) is 4.10. The molecule has 3 rings (SSSR count). The standard InChI is InChI=1S/C16H21N3OS/c1-21-12-4-2-3-11(8-12)19-16(20)14-9-18-15-7-10(17)5-6-13(14)15/h5-7,9,11-12,18H,2-4,8,17H2,1H3,(H,19,20). The fraction of sp³-hybridized carbons (Fsp3) is 0.438. The zero-order valence-electron chi connectivity index (χ0n) is 12.2. The third-order valence-electron chi connectivity index (χ3n) is 4.25. The fourth-order valence-corrected chi connectivity index (χ4v) is 3.91. The van der Waals surface area contributed by atoms with Crippen LogP contribution in [-0.2, 0) is 0 Å². The maximum absolute atomic E-state index is 12.5. The van der Waals surface area contributed by atoms with Crippen molar-refractivity contribution in [1.29, 1.82) is 0 Å². The molecule has 1 aromatic carbocycles. The SMILES string of the molecule is CSC1CCCC(NC(=O)c2c[nH]c3cc(N)ccc23)C1. The van der Waals surface area contributed by atoms with Crippen molar-refractivity contribution >= 4 is 34.3 Å². The average molecular weight is 303 g/mol. The summed E-state index contributed by atoms with van der Waals surface area (Å²) < 4.78 is 0. The Bertz CT molecular complexity index is 652. The lowest BCUT2D eigenvalue weighted by Gasteiger charge is -2.28. The van der Waals surface area contributed by atoms with Gasteiger partial charge < -0.3 is 16.0 Å². The van der Waals surface area contributed by atoms with Crippen molar-refractivity contribution in [3.63, 3.8) is 0 Å². The first-order chi connectivity index (χ1) is 10.2. The molecule has 0 spiro atoms. The number of anilines is 1. The molecule has 2 aromatic rings. The predicted molar refractivity (Wildman–Crippen MR) is 89.7 cm³/mol. The van der Waals surface area contributed by atoms with E-state index in [1.54, 1.807) is 6.20 Å². The van der Waals surface area contributed by atoms with Gasteiger partial charge in [-0.2, -0.15) is 11.8 Å². The lowest BCUT2D eigenvalue weighted by Crippen LogP contribution is -2.39. The van der Waals surface area contributed by atoms with Crippen LogP contribution in [-0.4, -0.2) is 28.4 Å². The Morgan fingerprint density at radius 1 is 1.43 bits per heavy atom. The smallest absolute Gasteiger partial charge is 0.253 e. The first-order valence-electron chi connectivity index (χ1n) is 7.37. The van der Waals surface area contributed by atoms with Crippen LogP contribution in [0.25, 0.3) is 10.9 Å². The summed E-state index contributed by atoms with van der Waals surface area (Å²) in [6.07, 6.45) is 8.54. The van der Waals surface area contributed by atoms with Crippen LogP contribution in [0.1, 0.15) is 36.0 Å². The number of fused-ring (bicyclic) bond motifs is 1. The highest BCUT2D eigenvalue weighted by atomic mass is 32.2. The van der Waals surface area contributed by atoms with E-state index in [0.717, 1.165) is 23.7 Å². The van der Waals surface area contributed by atoms with Gasteiger partial charge in [-0.15, -0.1) is 0 Å². The maximum atomic E-state index is 12.5. The number of H-pyrrole nitrogens is 1. The van der Waals surface area contributed by atoms with Gasteiger partial charge in [0.25, 0.3) is 5.91 Å². The number of aromatic amines is 1. The van der Waals surface area contributed by atoms with Gasteiger partial charge in [-0.25, -0.2) is 0 Å². The molecule has 4 nitrogen and oxygen atoms in total. The summed E-state index contributed by atoms with van der Waals surface area (Å²) in [6.45, 7) is 0. The molecule has 5 heteroatoms. The average Bonchev–Trinajstić information content (AvgIpc) is 2.90. The van der Waals surface area contributed by atoms with E-state index in [2.05, 4.69) is 16.6 Å². The third kappa shape index (κ3) is 3.02. The van der Waals surface area contributed by atoms with Gasteiger partial charge >= 0.3 is 0 Å². The summed E-state index contributed by atoms with van der Waals surface area (Å²) >= 11 is 1.91. The molecule has 1 aromatic heterocycles. The summed E-state index contributed by atoms with van der Waals surface area (Å²) in [7, 11) is 0. The van der Waals surface area contributed by atoms with Gasteiger partial charge in [0.15, 0.2) is 0 Å². The molecule has 2 atom stereocenters. The second-order valence-electron chi connectivity index (χ2n) is 5.70. The van der Waals surface area contributed by atoms with Crippen molar-refractivity contribution in [3.05, 3.63) is 30.0 Å². The molecular formula is C16H21N3OS. The molecule has 0 bridgehead atoms. The number of rotatable bonds is 3. The van der Waals surface area contributed by atoms with Gasteiger partial charge in [-0.1, -0.05) is 6.42 Å². The van der Waals surface area contributed by atoms with E-state index in [-0.39, 0.29) is 5.91 Å². The van der Waals surface area contributed by atoms with Crippen LogP contribution >= 0.6 is 11.8 Å². The van der Waals surface area contributed by atoms with E-state index in [1.165, 1.54) is 12.8 Å². The van der Waals surface area contributed by atoms with Crippen LogP contribution in [0.15, 0.2) is 24.4 Å². The lowest BCUT2D eigenvalue weighted by molar-refractivity contribution is 0.0930. The number of aromatic nitrogens is 1. The van der Waals surface area contributed by atoms with E-state index in [4.69, 9.17) is 5.73 Å². The molecule has 21 heavy (non-hydrogen) atoms. The van der Waals surface area contributed by atoms with Crippen molar-refractivity contribution in [1.82, 2.24) is 10.3 Å². The molecule has 0 aliphatic heterocycles. The minimum Gasteiger partial charge on any atom is -0.399 e. The van der Waals surface area contributed by atoms with Crippen LogP contribution < -0.4 is 11.1 Å². The highest BCUT2D eigenvalue weighted by Crippen LogP contribution is 2.27. The highest BCUT2D eigenvalue weighted by Gasteiger charge is 2.23. The molecule has 1 saturated carbocycles. The number of hydrogen-bond donors (Lipinski definition) is 3. The molecule has 1 fully saturated rings. The number of hydrogen-bond acceptors (Lipinski definition) is 3. The first-order valence-corrected chi connectivity index (χ1v) is 8.66. The molecule has 2 unspecified atom stereocenters. The van der Waals surface area contributed by atoms with Gasteiger partial charge in [0, 0.05) is 34.1 Å². The maximum Gasteiger partial charge on any atom is 0.253 e. The van der Waals surface area contributed by atoms with Crippen molar-refractivity contribution in [2.24, 2.45) is 0 Å². The molecule has 1 heterocycles. The minimum atomic E-state index is 0.0118. The van der Waals surface area contributed by atoms with Crippen molar-refractivity contribution in [2.75, 3.05) is 12.0 Å². The van der Waals surface area contributed by atoms with Gasteiger partial charge in [-0.3, -0.25) is 4.79 Å². The van der Waals surface area contributed by atoms with Crippen molar-refractivity contribution in [2.45, 2.75) is 37.0 Å². The Morgan fingerprint density at radius 3 is 3.10 bits per heavy atom. The topological polar surface area (TPSA) is 70.9 Å². The van der Waals surface area contributed by atoms with E-state index in [9.17, 15) is 4.79 Å². The molecule has 1 aliphatic rings. The van der Waals surface area contributed by atoms with Gasteiger partial charge in [0.2, 0.25) is 0 Å². The van der Waals surface area contributed by atoms with Crippen molar-refractivity contribution < 1.29 is 4.79 Å². The lowest BCUT2D eigenvalue weighted by atomic mass is 9.94. The minimum absolute atomic E-state index is 0.0118. The Labute approximate surface area is 128 Å². The molecule has 0 radical (unpaired) electrons. The van der Waals surface area contributed by atoms with Crippen LogP contribution in [0.2, 0.25) is 0 Å². The first kappa shape index (κ1) is 14.3. The number of thioether (sulfide) groups is 1. The van der Waals surface area contributed by atoms with E-state index in [1.807, 2.05) is 30.0 Å². The summed E-state index contributed by atoms with van der Waals surface area (Å²) in [5.41, 5.74) is 8.08. The van der Waals surface area contributed by atoms with Gasteiger partial charge in [0.05, 0.1) is 5.56 Å². The number of amides is 1. The van der Waals surface area contributed by atoms with E-state index >= 15 is 0 Å². The number of carbonyl (C=O) groups excluding carboxylic acids is 1. The third-order valence-corrected chi connectivity index (χ3v) is 5.34. The zero-order chi connectivity index (χ0) is 14.8. The molecule has 4 N–H and O–H groups in total. The Morgan fingerprint density at radius 2 is 2.29 bits per heavy atom. The zero-order valence-corrected chi connectivity index (χ0v) is 13.0.